The molecule has 62 valence electrons. The maximum Gasteiger partial charge on any atom is 0.510 e. The van der Waals surface area contributed by atoms with Crippen molar-refractivity contribution in [3.05, 3.63) is 15.8 Å². The van der Waals surface area contributed by atoms with Gasteiger partial charge in [-0.3, -0.25) is 0 Å². The molecule has 1 rings (SSSR count). The lowest BCUT2D eigenvalue weighted by molar-refractivity contribution is 0.501. The highest BCUT2D eigenvalue weighted by Gasteiger charge is 2.28. The minimum absolute atomic E-state index is 0.370. The second-order valence-corrected chi connectivity index (χ2v) is 3.90. The molecule has 1 aromatic rings. The van der Waals surface area contributed by atoms with E-state index >= 15 is 0 Å². The Morgan fingerprint density at radius 1 is 1.27 bits per heavy atom. The molecule has 0 fully saturated rings. The highest BCUT2D eigenvalue weighted by atomic mass is 32.1. The second-order valence-electron chi connectivity index (χ2n) is 2.44. The summed E-state index contributed by atoms with van der Waals surface area (Å²) in [5.74, 6) is 0. The van der Waals surface area contributed by atoms with Crippen molar-refractivity contribution in [1.82, 2.24) is 0 Å². The lowest BCUT2D eigenvalue weighted by atomic mass is 9.80. The number of thiophene rings is 1. The zero-order valence-electron chi connectivity index (χ0n) is 6.20. The van der Waals surface area contributed by atoms with E-state index in [1.54, 1.807) is 6.92 Å². The number of halogens is 3. The fraction of sp³-hybridized carbons (Fsp3) is 0.333. The fourth-order valence-corrected chi connectivity index (χ4v) is 1.95. The molecule has 0 aliphatic rings. The first-order chi connectivity index (χ1) is 4.91. The Kier molecular flexibility index (Phi) is 2.01. The summed E-state index contributed by atoms with van der Waals surface area (Å²) in [6.07, 6.45) is 0. The normalized spacial score (nSPS) is 12.1. The molecule has 0 nitrogen and oxygen atoms in total. The molecule has 0 amide bonds. The summed E-state index contributed by atoms with van der Waals surface area (Å²) >= 11 is 1.19. The predicted octanol–water partition coefficient (Wildman–Crippen LogP) is 2.42. The number of hydrogen-bond donors (Lipinski definition) is 0. The first kappa shape index (κ1) is 8.65. The third-order valence-electron chi connectivity index (χ3n) is 1.43. The molecule has 5 heteroatoms. The Balaban J connectivity index is 3.13. The van der Waals surface area contributed by atoms with Crippen LogP contribution in [0.4, 0.5) is 12.9 Å². The monoisotopic (exact) mass is 179 g/mol. The van der Waals surface area contributed by atoms with Gasteiger partial charge in [-0.25, -0.2) is 0 Å². The Morgan fingerprint density at radius 3 is 2.00 bits per heavy atom. The first-order valence-electron chi connectivity index (χ1n) is 3.18. The molecule has 0 aliphatic heterocycles. The van der Waals surface area contributed by atoms with Crippen LogP contribution in [0, 0.1) is 13.8 Å². The molecule has 0 bridgehead atoms. The molecule has 0 aliphatic carbocycles. The first-order valence-corrected chi connectivity index (χ1v) is 4.00. The van der Waals surface area contributed by atoms with Gasteiger partial charge in [0.1, 0.15) is 0 Å². The number of aryl methyl sites for hydroxylation is 2. The zero-order chi connectivity index (χ0) is 8.65. The fourth-order valence-electron chi connectivity index (χ4n) is 0.975. The quantitative estimate of drug-likeness (QED) is 0.580. The van der Waals surface area contributed by atoms with Crippen molar-refractivity contribution in [3.63, 3.8) is 0 Å². The average Bonchev–Trinajstić information content (AvgIpc) is 2.08. The number of rotatable bonds is 1. The van der Waals surface area contributed by atoms with Crippen molar-refractivity contribution < 1.29 is 12.9 Å². The molecule has 1 heterocycles. The van der Waals surface area contributed by atoms with Crippen LogP contribution in [0.2, 0.25) is 0 Å². The lowest BCUT2D eigenvalue weighted by Gasteiger charge is -2.12. The van der Waals surface area contributed by atoms with Gasteiger partial charge in [0.15, 0.2) is 0 Å². The Labute approximate surface area is 67.1 Å². The van der Waals surface area contributed by atoms with Crippen LogP contribution in [-0.4, -0.2) is 6.98 Å². The van der Waals surface area contributed by atoms with Crippen LogP contribution in [0.1, 0.15) is 9.75 Å². The molecule has 0 spiro atoms. The summed E-state index contributed by atoms with van der Waals surface area (Å²) in [5.41, 5.74) is -0.438. The molecular formula is C6H7BF3S-. The van der Waals surface area contributed by atoms with Crippen LogP contribution in [0.3, 0.4) is 0 Å². The van der Waals surface area contributed by atoms with Crippen LogP contribution >= 0.6 is 11.3 Å². The summed E-state index contributed by atoms with van der Waals surface area (Å²) in [7, 11) is 0. The lowest BCUT2D eigenvalue weighted by Crippen LogP contribution is -2.34. The van der Waals surface area contributed by atoms with E-state index in [0.717, 1.165) is 4.88 Å². The van der Waals surface area contributed by atoms with Crippen molar-refractivity contribution in [3.8, 4) is 0 Å². The molecule has 0 saturated heterocycles. The van der Waals surface area contributed by atoms with Gasteiger partial charge < -0.3 is 12.9 Å². The van der Waals surface area contributed by atoms with E-state index in [1.807, 2.05) is 0 Å². The van der Waals surface area contributed by atoms with Crippen LogP contribution in [0.25, 0.3) is 0 Å². The Morgan fingerprint density at radius 2 is 1.82 bits per heavy atom. The molecular weight excluding hydrogens is 172 g/mol. The van der Waals surface area contributed by atoms with E-state index in [9.17, 15) is 12.9 Å². The van der Waals surface area contributed by atoms with Gasteiger partial charge in [0.2, 0.25) is 0 Å². The molecule has 0 radical (unpaired) electrons. The van der Waals surface area contributed by atoms with Gasteiger partial charge in [-0.15, -0.1) is 11.3 Å². The summed E-state index contributed by atoms with van der Waals surface area (Å²) in [6, 6.07) is 1.21. The van der Waals surface area contributed by atoms with E-state index in [-0.39, 0.29) is 0 Å². The maximum absolute atomic E-state index is 12.1. The molecule has 11 heavy (non-hydrogen) atoms. The topological polar surface area (TPSA) is 0 Å². The molecule has 0 N–H and O–H groups in total. The highest BCUT2D eigenvalue weighted by Crippen LogP contribution is 2.19. The van der Waals surface area contributed by atoms with Crippen molar-refractivity contribution in [2.24, 2.45) is 0 Å². The summed E-state index contributed by atoms with van der Waals surface area (Å²) in [4.78, 5) is 1.09. The van der Waals surface area contributed by atoms with Gasteiger partial charge in [-0.2, -0.15) is 0 Å². The molecule has 0 atom stereocenters. The SMILES string of the molecule is Cc1cc([B-](F)(F)F)c(C)s1. The Hall–Kier alpha value is -0.445. The minimum atomic E-state index is -4.80. The molecule has 1 aromatic heterocycles. The van der Waals surface area contributed by atoms with Crippen LogP contribution in [-0.2, 0) is 0 Å². The van der Waals surface area contributed by atoms with Crippen molar-refractivity contribution in [2.45, 2.75) is 13.8 Å². The van der Waals surface area contributed by atoms with E-state index in [4.69, 9.17) is 0 Å². The van der Waals surface area contributed by atoms with E-state index in [0.29, 0.717) is 4.88 Å². The molecule has 0 saturated carbocycles. The second kappa shape index (κ2) is 2.55. The maximum atomic E-state index is 12.1. The third kappa shape index (κ3) is 1.77. The van der Waals surface area contributed by atoms with E-state index in [2.05, 4.69) is 0 Å². The summed E-state index contributed by atoms with van der Waals surface area (Å²) in [6.45, 7) is -1.61. The predicted molar refractivity (Wildman–Crippen MR) is 42.5 cm³/mol. The zero-order valence-corrected chi connectivity index (χ0v) is 7.01. The largest absolute Gasteiger partial charge is 0.510 e. The van der Waals surface area contributed by atoms with Crippen molar-refractivity contribution in [1.29, 1.82) is 0 Å². The molecule has 0 aromatic carbocycles. The minimum Gasteiger partial charge on any atom is -0.445 e. The standard InChI is InChI=1S/C6H7BF3S/c1-4-3-6(5(2)11-4)7(8,9)10/h3H,1-2H3/q-1. The number of hydrogen-bond acceptors (Lipinski definition) is 1. The molecule has 0 unspecified atom stereocenters. The van der Waals surface area contributed by atoms with Crippen LogP contribution in [0.5, 0.6) is 0 Å². The van der Waals surface area contributed by atoms with Gasteiger partial charge in [-0.05, 0) is 23.6 Å². The van der Waals surface area contributed by atoms with E-state index in [1.165, 1.54) is 24.3 Å². The van der Waals surface area contributed by atoms with Crippen molar-refractivity contribution in [2.75, 3.05) is 0 Å². The summed E-state index contributed by atoms with van der Waals surface area (Å²) in [5, 5.41) is 0. The van der Waals surface area contributed by atoms with Gasteiger partial charge in [0.05, 0.1) is 0 Å². The van der Waals surface area contributed by atoms with Gasteiger partial charge in [0, 0.05) is 0 Å². The third-order valence-corrected chi connectivity index (χ3v) is 2.41. The van der Waals surface area contributed by atoms with Gasteiger partial charge in [-0.1, -0.05) is 11.5 Å². The average molecular weight is 179 g/mol. The Bertz CT molecular complexity index is 263. The van der Waals surface area contributed by atoms with Crippen LogP contribution in [0.15, 0.2) is 6.07 Å². The van der Waals surface area contributed by atoms with Gasteiger partial charge in [0.25, 0.3) is 0 Å². The van der Waals surface area contributed by atoms with Crippen molar-refractivity contribution >= 4 is 23.8 Å². The van der Waals surface area contributed by atoms with Crippen LogP contribution < -0.4 is 5.46 Å². The summed E-state index contributed by atoms with van der Waals surface area (Å²) < 4.78 is 36.4. The highest BCUT2D eigenvalue weighted by molar-refractivity contribution is 7.13. The smallest absolute Gasteiger partial charge is 0.445 e. The van der Waals surface area contributed by atoms with Gasteiger partial charge >= 0.3 is 6.98 Å². The van der Waals surface area contributed by atoms with E-state index < -0.39 is 12.4 Å².